The van der Waals surface area contributed by atoms with Crippen LogP contribution in [0.25, 0.3) is 0 Å². The van der Waals surface area contributed by atoms with Crippen LogP contribution < -0.4 is 5.73 Å². The van der Waals surface area contributed by atoms with Crippen molar-refractivity contribution in [2.24, 2.45) is 5.73 Å². The Balaban J connectivity index is 0.000000234. The maximum Gasteiger partial charge on any atom is 0.166 e. The quantitative estimate of drug-likeness (QED) is 0.666. The van der Waals surface area contributed by atoms with Gasteiger partial charge in [-0.05, 0) is 36.2 Å². The maximum absolute atomic E-state index is 5.79. The number of hydrogen-bond acceptors (Lipinski definition) is 5. The van der Waals surface area contributed by atoms with Gasteiger partial charge >= 0.3 is 0 Å². The number of rotatable bonds is 4. The van der Waals surface area contributed by atoms with Crippen LogP contribution in [0, 0.1) is 0 Å². The standard InChI is InChI=1S/C15H16N2S.C6H12O2S3/c16-15(18)17(11-13-7-3-1-4-8-13)12-14-9-5-2-6-10-14;9-11(10)7-5-3-1-2-4-6-8-11/h1-10H,11-12H2,(H2,16,18);1-6H2. The van der Waals surface area contributed by atoms with Gasteiger partial charge in [-0.2, -0.15) is 0 Å². The molecule has 2 aromatic rings. The van der Waals surface area contributed by atoms with E-state index in [2.05, 4.69) is 24.3 Å². The number of hydrogen-bond donors (Lipinski definition) is 1. The van der Waals surface area contributed by atoms with E-state index in [0.717, 1.165) is 25.9 Å². The lowest BCUT2D eigenvalue weighted by Crippen LogP contribution is -2.34. The lowest BCUT2D eigenvalue weighted by atomic mass is 10.2. The minimum atomic E-state index is -2.00. The van der Waals surface area contributed by atoms with E-state index < -0.39 is 7.71 Å². The van der Waals surface area contributed by atoms with Gasteiger partial charge in [-0.1, -0.05) is 73.5 Å². The number of thiocarbonyl (C=S) groups is 1. The van der Waals surface area contributed by atoms with E-state index in [1.807, 2.05) is 41.3 Å². The van der Waals surface area contributed by atoms with Gasteiger partial charge in [0, 0.05) is 35.5 Å². The highest BCUT2D eigenvalue weighted by Crippen LogP contribution is 2.10. The normalized spacial score (nSPS) is 16.3. The van der Waals surface area contributed by atoms with E-state index >= 15 is 0 Å². The Hall–Kier alpha value is -1.16. The molecule has 1 fully saturated rings. The highest BCUT2D eigenvalue weighted by Gasteiger charge is 2.08. The van der Waals surface area contributed by atoms with Crippen LogP contribution in [0.15, 0.2) is 60.7 Å². The van der Waals surface area contributed by atoms with Gasteiger partial charge in [0.05, 0.1) is 13.2 Å². The van der Waals surface area contributed by atoms with Crippen molar-refractivity contribution in [1.82, 2.24) is 4.90 Å². The fraction of sp³-hybridized carbons (Fsp3) is 0.381. The largest absolute Gasteiger partial charge is 0.376 e. The molecule has 1 heterocycles. The highest BCUT2D eigenvalue weighted by molar-refractivity contribution is 8.51. The molecule has 0 aromatic heterocycles. The Bertz CT molecular complexity index is 773. The predicted octanol–water partition coefficient (Wildman–Crippen LogP) is 4.43. The predicted molar refractivity (Wildman–Crippen MR) is 131 cm³/mol. The van der Waals surface area contributed by atoms with E-state index in [9.17, 15) is 0 Å². The zero-order valence-electron chi connectivity index (χ0n) is 16.4. The first-order valence-electron chi connectivity index (χ1n) is 9.62. The number of benzene rings is 2. The molecule has 1 aliphatic heterocycles. The summed E-state index contributed by atoms with van der Waals surface area (Å²) in [4.78, 5) is 2.00. The van der Waals surface area contributed by atoms with Crippen molar-refractivity contribution in [3.05, 3.63) is 71.8 Å². The van der Waals surface area contributed by atoms with E-state index in [0.29, 0.717) is 18.3 Å². The van der Waals surface area contributed by atoms with Crippen molar-refractivity contribution < 1.29 is 8.37 Å². The molecule has 0 saturated carbocycles. The summed E-state index contributed by atoms with van der Waals surface area (Å²) in [6, 6.07) is 20.4. The molecule has 3 rings (SSSR count). The molecule has 4 nitrogen and oxygen atoms in total. The molecule has 0 unspecified atom stereocenters. The van der Waals surface area contributed by atoms with Gasteiger partial charge in [-0.25, -0.2) is 0 Å². The van der Waals surface area contributed by atoms with Gasteiger partial charge in [0.1, 0.15) is 7.71 Å². The van der Waals surface area contributed by atoms with Crippen molar-refractivity contribution in [3.8, 4) is 0 Å². The van der Waals surface area contributed by atoms with Crippen LogP contribution in [0.4, 0.5) is 0 Å². The zero-order valence-corrected chi connectivity index (χ0v) is 19.7. The first kappa shape index (κ1) is 24.1. The SMILES string of the molecule is NC(=S)N(Cc1ccccc1)Cc1ccccc1.S=S1(=S)OCCCCCCO1. The topological polar surface area (TPSA) is 47.7 Å². The van der Waals surface area contributed by atoms with E-state index in [1.54, 1.807) is 0 Å². The van der Waals surface area contributed by atoms with Gasteiger partial charge < -0.3 is 10.6 Å². The molecule has 2 aromatic carbocycles. The van der Waals surface area contributed by atoms with Crippen molar-refractivity contribution in [2.75, 3.05) is 13.2 Å². The fourth-order valence-corrected chi connectivity index (χ4v) is 4.39. The van der Waals surface area contributed by atoms with Crippen molar-refractivity contribution in [3.63, 3.8) is 0 Å². The smallest absolute Gasteiger partial charge is 0.166 e. The van der Waals surface area contributed by atoms with Crippen LogP contribution in [0.3, 0.4) is 0 Å². The third-order valence-corrected chi connectivity index (χ3v) is 6.56. The Morgan fingerprint density at radius 1 is 0.793 bits per heavy atom. The second-order valence-electron chi connectivity index (χ2n) is 6.63. The zero-order chi connectivity index (χ0) is 21.0. The first-order chi connectivity index (χ1) is 14.0. The van der Waals surface area contributed by atoms with Crippen molar-refractivity contribution >= 4 is 47.4 Å². The molecule has 1 aliphatic rings. The van der Waals surface area contributed by atoms with Gasteiger partial charge in [-0.3, -0.25) is 8.37 Å². The second kappa shape index (κ2) is 13.2. The van der Waals surface area contributed by atoms with E-state index in [1.165, 1.54) is 24.0 Å². The second-order valence-corrected chi connectivity index (χ2v) is 11.6. The first-order valence-corrected chi connectivity index (χ1v) is 13.4. The van der Waals surface area contributed by atoms with Crippen molar-refractivity contribution in [1.29, 1.82) is 0 Å². The summed E-state index contributed by atoms with van der Waals surface area (Å²) in [5.41, 5.74) is 8.21. The van der Waals surface area contributed by atoms with Crippen LogP contribution in [-0.2, 0) is 51.5 Å². The molecule has 0 aliphatic carbocycles. The summed E-state index contributed by atoms with van der Waals surface area (Å²) in [6.07, 6.45) is 4.52. The highest BCUT2D eigenvalue weighted by atomic mass is 33.1. The molecule has 8 heteroatoms. The molecule has 0 atom stereocenters. The minimum absolute atomic E-state index is 0.433. The van der Waals surface area contributed by atoms with Gasteiger partial charge in [-0.15, -0.1) is 0 Å². The molecule has 158 valence electrons. The van der Waals surface area contributed by atoms with Crippen LogP contribution in [0.1, 0.15) is 36.8 Å². The fourth-order valence-electron chi connectivity index (χ4n) is 2.73. The van der Waals surface area contributed by atoms with E-state index in [-0.39, 0.29) is 0 Å². The monoisotopic (exact) mass is 468 g/mol. The summed E-state index contributed by atoms with van der Waals surface area (Å²) in [5.74, 6) is 0. The van der Waals surface area contributed by atoms with Gasteiger partial charge in [0.2, 0.25) is 0 Å². The third-order valence-electron chi connectivity index (χ3n) is 4.24. The van der Waals surface area contributed by atoms with Crippen LogP contribution >= 0.6 is 12.2 Å². The maximum atomic E-state index is 5.79. The Morgan fingerprint density at radius 2 is 1.21 bits per heavy atom. The van der Waals surface area contributed by atoms with Gasteiger partial charge in [0.15, 0.2) is 5.11 Å². The van der Waals surface area contributed by atoms with E-state index in [4.69, 9.17) is 48.7 Å². The summed E-state index contributed by atoms with van der Waals surface area (Å²) < 4.78 is 10.5. The number of nitrogens with two attached hydrogens (primary N) is 1. The lowest BCUT2D eigenvalue weighted by molar-refractivity contribution is 0.284. The molecular weight excluding hydrogens is 441 g/mol. The van der Waals surface area contributed by atoms with Crippen molar-refractivity contribution in [2.45, 2.75) is 38.8 Å². The molecule has 0 amide bonds. The average molecular weight is 469 g/mol. The Morgan fingerprint density at radius 3 is 1.59 bits per heavy atom. The van der Waals surface area contributed by atoms with Gasteiger partial charge in [0.25, 0.3) is 0 Å². The Labute approximate surface area is 189 Å². The minimum Gasteiger partial charge on any atom is -0.376 e. The molecule has 2 N–H and O–H groups in total. The summed E-state index contributed by atoms with van der Waals surface area (Å²) in [7, 11) is -2.00. The molecular formula is C21H28N2O2S4. The van der Waals surface area contributed by atoms with Crippen LogP contribution in [-0.4, -0.2) is 23.2 Å². The van der Waals surface area contributed by atoms with Crippen LogP contribution in [0.5, 0.6) is 0 Å². The molecule has 1 saturated heterocycles. The summed E-state index contributed by atoms with van der Waals surface area (Å²) in [6.45, 7) is 2.82. The molecule has 0 radical (unpaired) electrons. The summed E-state index contributed by atoms with van der Waals surface area (Å²) in [5, 5.41) is 0.433. The summed E-state index contributed by atoms with van der Waals surface area (Å²) >= 11 is 15.0. The molecule has 29 heavy (non-hydrogen) atoms. The lowest BCUT2D eigenvalue weighted by Gasteiger charge is -2.23. The molecule has 0 bridgehead atoms. The Kier molecular flexibility index (Phi) is 11.0. The third kappa shape index (κ3) is 10.4. The van der Waals surface area contributed by atoms with Crippen LogP contribution in [0.2, 0.25) is 0 Å². The number of nitrogens with zero attached hydrogens (tertiary/aromatic N) is 1. The average Bonchev–Trinajstić information content (AvgIpc) is 2.81. The molecule has 0 spiro atoms.